The van der Waals surface area contributed by atoms with Gasteiger partial charge in [0, 0.05) is 13.6 Å². The summed E-state index contributed by atoms with van der Waals surface area (Å²) in [6, 6.07) is 9.38. The van der Waals surface area contributed by atoms with Crippen LogP contribution < -0.4 is 5.32 Å². The van der Waals surface area contributed by atoms with Crippen molar-refractivity contribution >= 4 is 5.91 Å². The van der Waals surface area contributed by atoms with Crippen LogP contribution in [0.4, 0.5) is 0 Å². The molecule has 1 N–H and O–H groups in total. The van der Waals surface area contributed by atoms with Gasteiger partial charge in [-0.25, -0.2) is 0 Å². The van der Waals surface area contributed by atoms with Crippen LogP contribution in [0, 0.1) is 0 Å². The number of carbonyl (C=O) groups excluding carboxylic acids is 1. The lowest BCUT2D eigenvalue weighted by Gasteiger charge is -2.32. The first-order valence-electron chi connectivity index (χ1n) is 7.72. The van der Waals surface area contributed by atoms with Gasteiger partial charge >= 0.3 is 0 Å². The number of ether oxygens (including phenoxy) is 1. The quantitative estimate of drug-likeness (QED) is 0.895. The number of para-hydroxylation sites is 1. The molecule has 1 saturated heterocycles. The Bertz CT molecular complexity index is 658. The third-order valence-corrected chi connectivity index (χ3v) is 3.88. The summed E-state index contributed by atoms with van der Waals surface area (Å²) < 4.78 is 5.53. The number of hydrogen-bond acceptors (Lipinski definition) is 5. The first-order valence-corrected chi connectivity index (χ1v) is 7.72. The molecule has 1 aromatic carbocycles. The summed E-state index contributed by atoms with van der Waals surface area (Å²) in [7, 11) is 1.77. The Morgan fingerprint density at radius 2 is 2.22 bits per heavy atom. The van der Waals surface area contributed by atoms with E-state index in [9.17, 15) is 4.79 Å². The normalized spacial score (nSPS) is 21.1. The summed E-state index contributed by atoms with van der Waals surface area (Å²) in [6.45, 7) is 3.66. The van der Waals surface area contributed by atoms with Crippen LogP contribution in [0.25, 0.3) is 5.69 Å². The molecule has 7 heteroatoms. The SMILES string of the molecule is C[C@H]1OCCN[C@@H]1C(=O)N(C)Cc1cnn(-c2ccccc2)n1. The van der Waals surface area contributed by atoms with Gasteiger partial charge in [-0.15, -0.1) is 0 Å². The highest BCUT2D eigenvalue weighted by Gasteiger charge is 2.30. The Hall–Kier alpha value is -2.25. The predicted molar refractivity (Wildman–Crippen MR) is 85.0 cm³/mol. The molecule has 23 heavy (non-hydrogen) atoms. The lowest BCUT2D eigenvalue weighted by atomic mass is 10.1. The lowest BCUT2D eigenvalue weighted by Crippen LogP contribution is -2.55. The van der Waals surface area contributed by atoms with Crippen molar-refractivity contribution in [3.63, 3.8) is 0 Å². The summed E-state index contributed by atoms with van der Waals surface area (Å²) in [6.07, 6.45) is 1.56. The molecule has 3 rings (SSSR count). The van der Waals surface area contributed by atoms with Crippen molar-refractivity contribution in [2.24, 2.45) is 0 Å². The van der Waals surface area contributed by atoms with Gasteiger partial charge in [0.2, 0.25) is 5.91 Å². The highest BCUT2D eigenvalue weighted by Crippen LogP contribution is 2.10. The van der Waals surface area contributed by atoms with E-state index in [2.05, 4.69) is 15.5 Å². The van der Waals surface area contributed by atoms with E-state index in [4.69, 9.17) is 4.74 Å². The fourth-order valence-corrected chi connectivity index (χ4v) is 2.62. The maximum atomic E-state index is 12.5. The maximum Gasteiger partial charge on any atom is 0.242 e. The van der Waals surface area contributed by atoms with E-state index in [1.54, 1.807) is 22.9 Å². The van der Waals surface area contributed by atoms with Crippen molar-refractivity contribution in [2.75, 3.05) is 20.2 Å². The zero-order valence-corrected chi connectivity index (χ0v) is 13.3. The number of nitrogens with zero attached hydrogens (tertiary/aromatic N) is 4. The van der Waals surface area contributed by atoms with Crippen LogP contribution in [-0.4, -0.2) is 58.1 Å². The molecule has 1 aliphatic rings. The van der Waals surface area contributed by atoms with Crippen molar-refractivity contribution < 1.29 is 9.53 Å². The Morgan fingerprint density at radius 1 is 1.43 bits per heavy atom. The smallest absolute Gasteiger partial charge is 0.242 e. The summed E-state index contributed by atoms with van der Waals surface area (Å²) >= 11 is 0. The van der Waals surface area contributed by atoms with E-state index >= 15 is 0 Å². The summed E-state index contributed by atoms with van der Waals surface area (Å²) in [5.74, 6) is 0.00598. The first-order chi connectivity index (χ1) is 11.1. The van der Waals surface area contributed by atoms with Gasteiger partial charge in [-0.3, -0.25) is 4.79 Å². The van der Waals surface area contributed by atoms with Gasteiger partial charge in [-0.05, 0) is 19.1 Å². The summed E-state index contributed by atoms with van der Waals surface area (Å²) in [4.78, 5) is 15.7. The molecule has 2 heterocycles. The van der Waals surface area contributed by atoms with E-state index in [1.165, 1.54) is 0 Å². The molecular weight excluding hydrogens is 294 g/mol. The monoisotopic (exact) mass is 315 g/mol. The van der Waals surface area contributed by atoms with Gasteiger partial charge in [0.1, 0.15) is 11.7 Å². The van der Waals surface area contributed by atoms with E-state index < -0.39 is 0 Å². The highest BCUT2D eigenvalue weighted by atomic mass is 16.5. The fraction of sp³-hybridized carbons (Fsp3) is 0.438. The molecule has 2 atom stereocenters. The summed E-state index contributed by atoms with van der Waals surface area (Å²) in [5.41, 5.74) is 1.64. The lowest BCUT2D eigenvalue weighted by molar-refractivity contribution is -0.138. The van der Waals surface area contributed by atoms with Crippen LogP contribution in [-0.2, 0) is 16.1 Å². The second-order valence-electron chi connectivity index (χ2n) is 5.66. The number of nitrogens with one attached hydrogen (secondary N) is 1. The first kappa shape index (κ1) is 15.6. The number of benzene rings is 1. The van der Waals surface area contributed by atoms with Gasteiger partial charge < -0.3 is 15.0 Å². The van der Waals surface area contributed by atoms with Gasteiger partial charge in [0.25, 0.3) is 0 Å². The molecule has 0 bridgehead atoms. The molecule has 0 radical (unpaired) electrons. The molecule has 1 fully saturated rings. The second-order valence-corrected chi connectivity index (χ2v) is 5.66. The standard InChI is InChI=1S/C16H21N5O2/c1-12-15(17-8-9-23-12)16(22)20(2)11-13-10-18-21(19-13)14-6-4-3-5-7-14/h3-7,10,12,15,17H,8-9,11H2,1-2H3/t12-,15+/m1/s1. The van der Waals surface area contributed by atoms with E-state index in [0.29, 0.717) is 19.7 Å². The summed E-state index contributed by atoms with van der Waals surface area (Å²) in [5, 5.41) is 11.9. The van der Waals surface area contributed by atoms with Crippen LogP contribution in [0.5, 0.6) is 0 Å². The minimum absolute atomic E-state index is 0.00598. The molecule has 122 valence electrons. The fourth-order valence-electron chi connectivity index (χ4n) is 2.62. The van der Waals surface area contributed by atoms with Crippen LogP contribution in [0.3, 0.4) is 0 Å². The van der Waals surface area contributed by atoms with Crippen molar-refractivity contribution in [1.82, 2.24) is 25.2 Å². The molecule has 0 unspecified atom stereocenters. The number of carbonyl (C=O) groups is 1. The van der Waals surface area contributed by atoms with Crippen molar-refractivity contribution in [1.29, 1.82) is 0 Å². The van der Waals surface area contributed by atoms with E-state index in [1.807, 2.05) is 37.3 Å². The minimum Gasteiger partial charge on any atom is -0.375 e. The highest BCUT2D eigenvalue weighted by molar-refractivity contribution is 5.82. The van der Waals surface area contributed by atoms with Crippen LogP contribution in [0.15, 0.2) is 36.5 Å². The number of rotatable bonds is 4. The van der Waals surface area contributed by atoms with Gasteiger partial charge in [0.15, 0.2) is 0 Å². The topological polar surface area (TPSA) is 72.3 Å². The van der Waals surface area contributed by atoms with Crippen molar-refractivity contribution in [3.8, 4) is 5.69 Å². The Kier molecular flexibility index (Phi) is 4.68. The van der Waals surface area contributed by atoms with E-state index in [0.717, 1.165) is 11.4 Å². The molecule has 1 amide bonds. The number of likely N-dealkylation sites (N-methyl/N-ethyl adjacent to an activating group) is 1. The van der Waals surface area contributed by atoms with Crippen LogP contribution >= 0.6 is 0 Å². The third kappa shape index (κ3) is 3.57. The zero-order valence-electron chi connectivity index (χ0n) is 13.3. The predicted octanol–water partition coefficient (Wildman–Crippen LogP) is 0.603. The molecular formula is C16H21N5O2. The molecule has 0 spiro atoms. The Labute approximate surface area is 135 Å². The molecule has 0 aliphatic carbocycles. The Morgan fingerprint density at radius 3 is 2.96 bits per heavy atom. The zero-order chi connectivity index (χ0) is 16.2. The van der Waals surface area contributed by atoms with Gasteiger partial charge in [-0.2, -0.15) is 15.0 Å². The minimum atomic E-state index is -0.307. The average molecular weight is 315 g/mol. The molecule has 7 nitrogen and oxygen atoms in total. The molecule has 1 aliphatic heterocycles. The number of hydrogen-bond donors (Lipinski definition) is 1. The number of amides is 1. The van der Waals surface area contributed by atoms with Crippen LogP contribution in [0.1, 0.15) is 12.6 Å². The molecule has 1 aromatic heterocycles. The second kappa shape index (κ2) is 6.89. The average Bonchev–Trinajstić information content (AvgIpc) is 3.04. The van der Waals surface area contributed by atoms with Crippen molar-refractivity contribution in [2.45, 2.75) is 25.6 Å². The maximum absolute atomic E-state index is 12.5. The number of morpholine rings is 1. The largest absolute Gasteiger partial charge is 0.375 e. The molecule has 2 aromatic rings. The van der Waals surface area contributed by atoms with Crippen LogP contribution in [0.2, 0.25) is 0 Å². The van der Waals surface area contributed by atoms with Gasteiger partial charge in [-0.1, -0.05) is 18.2 Å². The van der Waals surface area contributed by atoms with Crippen molar-refractivity contribution in [3.05, 3.63) is 42.2 Å². The van der Waals surface area contributed by atoms with Gasteiger partial charge in [0.05, 0.1) is 31.1 Å². The molecule has 0 saturated carbocycles. The van der Waals surface area contributed by atoms with E-state index in [-0.39, 0.29) is 18.1 Å². The third-order valence-electron chi connectivity index (χ3n) is 3.88. The number of aromatic nitrogens is 3. The Balaban J connectivity index is 1.65.